The van der Waals surface area contributed by atoms with Gasteiger partial charge in [-0.3, -0.25) is 19.3 Å². The summed E-state index contributed by atoms with van der Waals surface area (Å²) in [6.07, 6.45) is 0.218. The van der Waals surface area contributed by atoms with Gasteiger partial charge in [0.05, 0.1) is 6.54 Å². The van der Waals surface area contributed by atoms with E-state index in [4.69, 9.17) is 5.11 Å². The molecule has 1 N–H and O–H groups in total. The lowest BCUT2D eigenvalue weighted by molar-refractivity contribution is -0.179. The van der Waals surface area contributed by atoms with Gasteiger partial charge in [-0.05, 0) is 6.08 Å². The molecule has 0 aliphatic carbocycles. The van der Waals surface area contributed by atoms with Crippen LogP contribution in [0.1, 0.15) is 6.92 Å². The molecule has 0 radical (unpaired) electrons. The second kappa shape index (κ2) is 4.56. The predicted octanol–water partition coefficient (Wildman–Crippen LogP) is -1.07. The monoisotopic (exact) mass is 227 g/mol. The molecule has 1 aliphatic rings. The molecule has 0 saturated heterocycles. The molecule has 1 amide bonds. The fourth-order valence-corrected chi connectivity index (χ4v) is 1.16. The SMILES string of the molecule is CC(=O)OC(C(=O)O)N1CC(=O)C=CC1=O. The molecule has 0 bridgehead atoms. The zero-order chi connectivity index (χ0) is 12.3. The Kier molecular flexibility index (Phi) is 3.39. The maximum atomic E-state index is 11.3. The highest BCUT2D eigenvalue weighted by atomic mass is 16.6. The third-order valence-electron chi connectivity index (χ3n) is 1.79. The zero-order valence-corrected chi connectivity index (χ0v) is 8.37. The number of nitrogens with zero attached hydrogens (tertiary/aromatic N) is 1. The predicted molar refractivity (Wildman–Crippen MR) is 49.0 cm³/mol. The van der Waals surface area contributed by atoms with Crippen LogP contribution in [0.4, 0.5) is 0 Å². The number of rotatable bonds is 3. The Morgan fingerprint density at radius 2 is 2.06 bits per heavy atom. The third-order valence-corrected chi connectivity index (χ3v) is 1.79. The molecule has 86 valence electrons. The molecule has 0 fully saturated rings. The van der Waals surface area contributed by atoms with E-state index in [1.54, 1.807) is 0 Å². The van der Waals surface area contributed by atoms with Crippen molar-refractivity contribution >= 4 is 23.6 Å². The van der Waals surface area contributed by atoms with Gasteiger partial charge in [-0.15, -0.1) is 0 Å². The lowest BCUT2D eigenvalue weighted by Gasteiger charge is -2.27. The number of ether oxygens (including phenoxy) is 1. The highest BCUT2D eigenvalue weighted by Crippen LogP contribution is 2.08. The van der Waals surface area contributed by atoms with Crippen LogP contribution in [0, 0.1) is 0 Å². The van der Waals surface area contributed by atoms with Crippen LogP contribution in [0.15, 0.2) is 12.2 Å². The Morgan fingerprint density at radius 3 is 2.56 bits per heavy atom. The Balaban J connectivity index is 2.90. The number of aliphatic carboxylic acids is 1. The minimum absolute atomic E-state index is 0.417. The van der Waals surface area contributed by atoms with Crippen LogP contribution in [0.25, 0.3) is 0 Å². The zero-order valence-electron chi connectivity index (χ0n) is 8.37. The van der Waals surface area contributed by atoms with E-state index >= 15 is 0 Å². The van der Waals surface area contributed by atoms with E-state index in [0.29, 0.717) is 4.90 Å². The highest BCUT2D eigenvalue weighted by molar-refractivity contribution is 6.05. The molecule has 1 unspecified atom stereocenters. The van der Waals surface area contributed by atoms with Crippen molar-refractivity contribution in [1.29, 1.82) is 0 Å². The summed E-state index contributed by atoms with van der Waals surface area (Å²) in [5, 5.41) is 8.77. The van der Waals surface area contributed by atoms with Gasteiger partial charge in [0.1, 0.15) is 0 Å². The van der Waals surface area contributed by atoms with E-state index in [1.165, 1.54) is 0 Å². The number of carbonyl (C=O) groups excluding carboxylic acids is 3. The smallest absolute Gasteiger partial charge is 0.367 e. The maximum Gasteiger partial charge on any atom is 0.367 e. The summed E-state index contributed by atoms with van der Waals surface area (Å²) in [6.45, 7) is 0.599. The summed E-state index contributed by atoms with van der Waals surface area (Å²) in [5.74, 6) is -3.47. The van der Waals surface area contributed by atoms with Crippen LogP contribution in [-0.4, -0.2) is 46.4 Å². The molecule has 1 aliphatic heterocycles. The topological polar surface area (TPSA) is 101 Å². The summed E-state index contributed by atoms with van der Waals surface area (Å²) >= 11 is 0. The van der Waals surface area contributed by atoms with Crippen LogP contribution in [0.3, 0.4) is 0 Å². The van der Waals surface area contributed by atoms with Crippen LogP contribution in [0.5, 0.6) is 0 Å². The van der Waals surface area contributed by atoms with Gasteiger partial charge in [-0.25, -0.2) is 4.79 Å². The maximum absolute atomic E-state index is 11.3. The number of ketones is 1. The average Bonchev–Trinajstić information content (AvgIpc) is 2.18. The minimum Gasteiger partial charge on any atom is -0.477 e. The van der Waals surface area contributed by atoms with E-state index < -0.39 is 36.4 Å². The van der Waals surface area contributed by atoms with Crippen LogP contribution in [0.2, 0.25) is 0 Å². The lowest BCUT2D eigenvalue weighted by atomic mass is 10.2. The van der Waals surface area contributed by atoms with Crippen LogP contribution < -0.4 is 0 Å². The fourth-order valence-electron chi connectivity index (χ4n) is 1.16. The Bertz CT molecular complexity index is 385. The first kappa shape index (κ1) is 11.9. The number of hydrogen-bond donors (Lipinski definition) is 1. The first-order valence-electron chi connectivity index (χ1n) is 4.33. The van der Waals surface area contributed by atoms with Gasteiger partial charge in [0.2, 0.25) is 5.91 Å². The van der Waals surface area contributed by atoms with Gasteiger partial charge < -0.3 is 9.84 Å². The molecular weight excluding hydrogens is 218 g/mol. The van der Waals surface area contributed by atoms with Gasteiger partial charge in [0, 0.05) is 13.0 Å². The molecule has 0 spiro atoms. The Morgan fingerprint density at radius 1 is 1.44 bits per heavy atom. The number of esters is 1. The molecule has 16 heavy (non-hydrogen) atoms. The van der Waals surface area contributed by atoms with E-state index in [2.05, 4.69) is 4.74 Å². The highest BCUT2D eigenvalue weighted by Gasteiger charge is 2.34. The van der Waals surface area contributed by atoms with Gasteiger partial charge in [0.25, 0.3) is 6.23 Å². The molecule has 1 heterocycles. The van der Waals surface area contributed by atoms with E-state index in [-0.39, 0.29) is 0 Å². The first-order valence-corrected chi connectivity index (χ1v) is 4.33. The van der Waals surface area contributed by atoms with Crippen molar-refractivity contribution < 1.29 is 29.0 Å². The quantitative estimate of drug-likeness (QED) is 0.616. The molecule has 1 atom stereocenters. The Labute approximate surface area is 90.3 Å². The molecule has 7 nitrogen and oxygen atoms in total. The second-order valence-electron chi connectivity index (χ2n) is 3.07. The van der Waals surface area contributed by atoms with E-state index in [1.807, 2.05) is 0 Å². The van der Waals surface area contributed by atoms with Crippen LogP contribution in [-0.2, 0) is 23.9 Å². The van der Waals surface area contributed by atoms with Crippen molar-refractivity contribution in [2.24, 2.45) is 0 Å². The number of amides is 1. The summed E-state index contributed by atoms with van der Waals surface area (Å²) in [5.41, 5.74) is 0. The number of carboxylic acids is 1. The fraction of sp³-hybridized carbons (Fsp3) is 0.333. The third kappa shape index (κ3) is 2.66. The largest absolute Gasteiger partial charge is 0.477 e. The van der Waals surface area contributed by atoms with Crippen molar-refractivity contribution in [2.75, 3.05) is 6.54 Å². The molecule has 0 saturated carbocycles. The van der Waals surface area contributed by atoms with Crippen molar-refractivity contribution in [2.45, 2.75) is 13.2 Å². The standard InChI is InChI=1S/C9H9NO6/c1-5(11)16-8(9(14)15)10-4-6(12)2-3-7(10)13/h2-3,8H,4H2,1H3,(H,14,15). The minimum atomic E-state index is -1.76. The summed E-state index contributed by atoms with van der Waals surface area (Å²) < 4.78 is 4.45. The summed E-state index contributed by atoms with van der Waals surface area (Å²) in [6, 6.07) is 0. The second-order valence-corrected chi connectivity index (χ2v) is 3.07. The van der Waals surface area contributed by atoms with Gasteiger partial charge >= 0.3 is 11.9 Å². The summed E-state index contributed by atoms with van der Waals surface area (Å²) in [4.78, 5) is 44.4. The molecule has 0 aromatic rings. The molecule has 1 rings (SSSR count). The number of carboxylic acid groups (broad SMARTS) is 1. The van der Waals surface area contributed by atoms with Crippen molar-refractivity contribution in [3.05, 3.63) is 12.2 Å². The molecular formula is C9H9NO6. The van der Waals surface area contributed by atoms with Crippen molar-refractivity contribution in [3.8, 4) is 0 Å². The molecule has 0 aromatic heterocycles. The number of hydrogen-bond acceptors (Lipinski definition) is 5. The van der Waals surface area contributed by atoms with Crippen LogP contribution >= 0.6 is 0 Å². The molecule has 7 heteroatoms. The van der Waals surface area contributed by atoms with Crippen molar-refractivity contribution in [3.63, 3.8) is 0 Å². The van der Waals surface area contributed by atoms with Gasteiger partial charge in [0.15, 0.2) is 5.78 Å². The number of carbonyl (C=O) groups is 4. The van der Waals surface area contributed by atoms with E-state index in [0.717, 1.165) is 19.1 Å². The van der Waals surface area contributed by atoms with E-state index in [9.17, 15) is 19.2 Å². The Hall–Kier alpha value is -2.18. The van der Waals surface area contributed by atoms with Gasteiger partial charge in [-0.1, -0.05) is 0 Å². The first-order chi connectivity index (χ1) is 7.41. The summed E-state index contributed by atoms with van der Waals surface area (Å²) in [7, 11) is 0. The van der Waals surface area contributed by atoms with Crippen molar-refractivity contribution in [1.82, 2.24) is 4.90 Å². The molecule has 0 aromatic carbocycles. The average molecular weight is 227 g/mol. The lowest BCUT2D eigenvalue weighted by Crippen LogP contribution is -2.50. The normalized spacial score (nSPS) is 17.2. The van der Waals surface area contributed by atoms with Gasteiger partial charge in [-0.2, -0.15) is 0 Å².